The highest BCUT2D eigenvalue weighted by Gasteiger charge is 1.88. The van der Waals surface area contributed by atoms with Gasteiger partial charge in [0.1, 0.15) is 0 Å². The number of allylic oxidation sites excluding steroid dienone is 2. The zero-order valence-electron chi connectivity index (χ0n) is 5.96. The molecule has 0 heterocycles. The Kier molecular flexibility index (Phi) is 2.27. The monoisotopic (exact) mass is 129 g/mol. The van der Waals surface area contributed by atoms with Crippen molar-refractivity contribution in [1.82, 2.24) is 0 Å². The fraction of sp³-hybridized carbons (Fsp3) is 0.100. The van der Waals surface area contributed by atoms with Crippen LogP contribution in [0.4, 0.5) is 0 Å². The fourth-order valence-electron chi connectivity index (χ4n) is 0.784. The predicted molar refractivity (Wildman–Crippen MR) is 43.3 cm³/mol. The first-order valence-corrected chi connectivity index (χ1v) is 3.24. The molecular weight excluding hydrogens is 120 g/mol. The van der Waals surface area contributed by atoms with Gasteiger partial charge in [0.15, 0.2) is 0 Å². The van der Waals surface area contributed by atoms with Crippen molar-refractivity contribution >= 4 is 5.57 Å². The molecule has 3 radical (unpaired) electrons. The van der Waals surface area contributed by atoms with E-state index in [1.54, 1.807) is 0 Å². The summed E-state index contributed by atoms with van der Waals surface area (Å²) in [7, 11) is 0. The summed E-state index contributed by atoms with van der Waals surface area (Å²) in [5, 5.41) is 0. The topological polar surface area (TPSA) is 0 Å². The molecule has 0 N–H and O–H groups in total. The van der Waals surface area contributed by atoms with E-state index in [0.717, 1.165) is 11.1 Å². The van der Waals surface area contributed by atoms with Crippen LogP contribution in [0.5, 0.6) is 0 Å². The minimum absolute atomic E-state index is 1.00. The number of hydrogen-bond acceptors (Lipinski definition) is 0. The fourth-order valence-corrected chi connectivity index (χ4v) is 0.784. The maximum Gasteiger partial charge on any atom is 0.0215 e. The van der Waals surface area contributed by atoms with E-state index in [-0.39, 0.29) is 0 Å². The largest absolute Gasteiger partial charge is 0.0720 e. The molecule has 0 aliphatic heterocycles. The number of rotatable bonds is 1. The molecule has 0 aliphatic carbocycles. The third-order valence-electron chi connectivity index (χ3n) is 1.45. The molecule has 0 nitrogen and oxygen atoms in total. The Balaban J connectivity index is 2.96. The number of hydrogen-bond donors (Lipinski definition) is 0. The quantitative estimate of drug-likeness (QED) is 0.547. The van der Waals surface area contributed by atoms with Gasteiger partial charge in [-0.25, -0.2) is 0 Å². The predicted octanol–water partition coefficient (Wildman–Crippen LogP) is 2.68. The van der Waals surface area contributed by atoms with Gasteiger partial charge in [0.25, 0.3) is 0 Å². The Hall–Kier alpha value is -1.04. The normalized spacial score (nSPS) is 11.6. The van der Waals surface area contributed by atoms with Crippen molar-refractivity contribution in [1.29, 1.82) is 0 Å². The Bertz CT molecular complexity index is 219. The van der Waals surface area contributed by atoms with E-state index in [2.05, 4.69) is 0 Å². The SMILES string of the molecule is [C]C=C(C)c1ccccc1. The van der Waals surface area contributed by atoms with E-state index in [1.807, 2.05) is 37.3 Å². The van der Waals surface area contributed by atoms with Crippen LogP contribution in [-0.2, 0) is 0 Å². The van der Waals surface area contributed by atoms with Gasteiger partial charge in [0, 0.05) is 6.92 Å². The molecule has 1 rings (SSSR count). The summed E-state index contributed by atoms with van der Waals surface area (Å²) in [5.74, 6) is 0. The van der Waals surface area contributed by atoms with E-state index >= 15 is 0 Å². The summed E-state index contributed by atoms with van der Waals surface area (Å²) in [4.78, 5) is 0. The molecule has 0 aliphatic rings. The summed E-state index contributed by atoms with van der Waals surface area (Å²) in [6, 6.07) is 9.92. The van der Waals surface area contributed by atoms with Gasteiger partial charge in [-0.15, -0.1) is 0 Å². The molecule has 0 spiro atoms. The van der Waals surface area contributed by atoms with Crippen molar-refractivity contribution in [3.05, 3.63) is 48.9 Å². The van der Waals surface area contributed by atoms with Gasteiger partial charge in [0.2, 0.25) is 0 Å². The minimum atomic E-state index is 1.00. The Labute approximate surface area is 62.2 Å². The molecule has 0 saturated heterocycles. The highest BCUT2D eigenvalue weighted by atomic mass is 13.9. The molecule has 0 heteroatoms. The van der Waals surface area contributed by atoms with Crippen LogP contribution in [0.1, 0.15) is 12.5 Å². The van der Waals surface area contributed by atoms with Gasteiger partial charge in [-0.05, 0) is 18.1 Å². The Morgan fingerprint density at radius 3 is 2.40 bits per heavy atom. The highest BCUT2D eigenvalue weighted by molar-refractivity contribution is 5.63. The van der Waals surface area contributed by atoms with Crippen molar-refractivity contribution in [3.8, 4) is 0 Å². The van der Waals surface area contributed by atoms with E-state index in [1.165, 1.54) is 6.08 Å². The van der Waals surface area contributed by atoms with Crippen LogP contribution in [0.3, 0.4) is 0 Å². The van der Waals surface area contributed by atoms with Crippen molar-refractivity contribution in [2.75, 3.05) is 0 Å². The van der Waals surface area contributed by atoms with Crippen molar-refractivity contribution in [2.45, 2.75) is 6.92 Å². The van der Waals surface area contributed by atoms with Crippen molar-refractivity contribution < 1.29 is 0 Å². The lowest BCUT2D eigenvalue weighted by molar-refractivity contribution is 1.57. The van der Waals surface area contributed by atoms with E-state index in [4.69, 9.17) is 6.92 Å². The average molecular weight is 129 g/mol. The van der Waals surface area contributed by atoms with E-state index in [0.29, 0.717) is 0 Å². The molecule has 0 bridgehead atoms. The lowest BCUT2D eigenvalue weighted by atomic mass is 10.1. The molecule has 0 amide bonds. The second kappa shape index (κ2) is 3.21. The first-order chi connectivity index (χ1) is 4.84. The van der Waals surface area contributed by atoms with Crippen LogP contribution in [0.15, 0.2) is 36.4 Å². The third-order valence-corrected chi connectivity index (χ3v) is 1.45. The standard InChI is InChI=1S/C10H9/c1-3-9(2)10-7-5-4-6-8-10/h3-8H,2H3. The maximum atomic E-state index is 6.98. The molecule has 0 fully saturated rings. The summed E-state index contributed by atoms with van der Waals surface area (Å²) in [6.45, 7) is 8.92. The minimum Gasteiger partial charge on any atom is -0.0720 e. The number of benzene rings is 1. The Morgan fingerprint density at radius 2 is 1.90 bits per heavy atom. The first-order valence-electron chi connectivity index (χ1n) is 3.24. The molecule has 49 valence electrons. The smallest absolute Gasteiger partial charge is 0.0215 e. The van der Waals surface area contributed by atoms with Gasteiger partial charge >= 0.3 is 0 Å². The molecule has 0 aromatic heterocycles. The molecule has 0 unspecified atom stereocenters. The lowest BCUT2D eigenvalue weighted by Gasteiger charge is -1.96. The van der Waals surface area contributed by atoms with E-state index < -0.39 is 0 Å². The zero-order chi connectivity index (χ0) is 7.40. The van der Waals surface area contributed by atoms with Gasteiger partial charge < -0.3 is 0 Å². The summed E-state index contributed by atoms with van der Waals surface area (Å²) in [6.07, 6.45) is 1.37. The van der Waals surface area contributed by atoms with Crippen molar-refractivity contribution in [2.24, 2.45) is 0 Å². The molecule has 1 aromatic rings. The first kappa shape index (κ1) is 7.07. The second-order valence-corrected chi connectivity index (χ2v) is 2.19. The molecule has 0 saturated carbocycles. The molecular formula is C10H9. The van der Waals surface area contributed by atoms with Crippen LogP contribution in [0.2, 0.25) is 0 Å². The summed E-state index contributed by atoms with van der Waals surface area (Å²) < 4.78 is 0. The average Bonchev–Trinajstić information content (AvgIpc) is 2.05. The van der Waals surface area contributed by atoms with Crippen LogP contribution < -0.4 is 0 Å². The Morgan fingerprint density at radius 1 is 1.30 bits per heavy atom. The third kappa shape index (κ3) is 1.47. The molecule has 10 heavy (non-hydrogen) atoms. The zero-order valence-corrected chi connectivity index (χ0v) is 5.96. The van der Waals surface area contributed by atoms with Gasteiger partial charge in [-0.3, -0.25) is 0 Å². The van der Waals surface area contributed by atoms with Crippen LogP contribution in [0, 0.1) is 6.92 Å². The van der Waals surface area contributed by atoms with Gasteiger partial charge in [-0.1, -0.05) is 36.4 Å². The molecule has 0 atom stereocenters. The van der Waals surface area contributed by atoms with Gasteiger partial charge in [0.05, 0.1) is 0 Å². The van der Waals surface area contributed by atoms with E-state index in [9.17, 15) is 0 Å². The van der Waals surface area contributed by atoms with Crippen molar-refractivity contribution in [3.63, 3.8) is 0 Å². The maximum absolute atomic E-state index is 6.98. The highest BCUT2D eigenvalue weighted by Crippen LogP contribution is 2.11. The van der Waals surface area contributed by atoms with Crippen LogP contribution in [-0.4, -0.2) is 0 Å². The lowest BCUT2D eigenvalue weighted by Crippen LogP contribution is -1.75. The van der Waals surface area contributed by atoms with Crippen LogP contribution in [0.25, 0.3) is 5.57 Å². The summed E-state index contributed by atoms with van der Waals surface area (Å²) in [5.41, 5.74) is 2.12. The summed E-state index contributed by atoms with van der Waals surface area (Å²) >= 11 is 0. The molecule has 1 aromatic carbocycles. The van der Waals surface area contributed by atoms with Crippen LogP contribution >= 0.6 is 0 Å². The van der Waals surface area contributed by atoms with Gasteiger partial charge in [-0.2, -0.15) is 0 Å². The second-order valence-electron chi connectivity index (χ2n) is 2.19.